The Bertz CT molecular complexity index is 607. The average molecular weight is 323 g/mol. The molecule has 1 fully saturated rings. The Labute approximate surface area is 143 Å². The van der Waals surface area contributed by atoms with Crippen LogP contribution < -0.4 is 0 Å². The Morgan fingerprint density at radius 3 is 1.83 bits per heavy atom. The third kappa shape index (κ3) is 3.68. The highest BCUT2D eigenvalue weighted by Gasteiger charge is 2.31. The van der Waals surface area contributed by atoms with Gasteiger partial charge in [0.1, 0.15) is 0 Å². The first-order chi connectivity index (χ1) is 11.7. The lowest BCUT2D eigenvalue weighted by Gasteiger charge is -2.35. The van der Waals surface area contributed by atoms with Gasteiger partial charge in [-0.15, -0.1) is 0 Å². The SMILES string of the molecule is CC(O)C1CCN(C(=O)C(c2ccccc2)c2ccccc2)CC1. The van der Waals surface area contributed by atoms with E-state index in [-0.39, 0.29) is 17.9 Å². The van der Waals surface area contributed by atoms with Crippen molar-refractivity contribution in [2.24, 2.45) is 5.92 Å². The molecule has 1 saturated heterocycles. The lowest BCUT2D eigenvalue weighted by molar-refractivity contribution is -0.133. The molecule has 1 N–H and O–H groups in total. The summed E-state index contributed by atoms with van der Waals surface area (Å²) in [4.78, 5) is 15.2. The van der Waals surface area contributed by atoms with Crippen molar-refractivity contribution in [3.8, 4) is 0 Å². The maximum Gasteiger partial charge on any atom is 0.234 e. The highest BCUT2D eigenvalue weighted by molar-refractivity contribution is 5.87. The molecule has 1 atom stereocenters. The largest absolute Gasteiger partial charge is 0.393 e. The highest BCUT2D eigenvalue weighted by atomic mass is 16.3. The minimum absolute atomic E-state index is 0.163. The van der Waals surface area contributed by atoms with Gasteiger partial charge in [0, 0.05) is 13.1 Å². The molecule has 1 aliphatic heterocycles. The van der Waals surface area contributed by atoms with E-state index in [9.17, 15) is 9.90 Å². The number of piperidine rings is 1. The Balaban J connectivity index is 1.83. The smallest absolute Gasteiger partial charge is 0.234 e. The van der Waals surface area contributed by atoms with Crippen LogP contribution in [0.5, 0.6) is 0 Å². The van der Waals surface area contributed by atoms with Crippen molar-refractivity contribution >= 4 is 5.91 Å². The van der Waals surface area contributed by atoms with Crippen LogP contribution >= 0.6 is 0 Å². The van der Waals surface area contributed by atoms with Crippen molar-refractivity contribution in [1.29, 1.82) is 0 Å². The van der Waals surface area contributed by atoms with Gasteiger partial charge in [-0.25, -0.2) is 0 Å². The van der Waals surface area contributed by atoms with E-state index in [4.69, 9.17) is 0 Å². The number of hydrogen-bond acceptors (Lipinski definition) is 2. The van der Waals surface area contributed by atoms with Gasteiger partial charge in [0.2, 0.25) is 5.91 Å². The maximum atomic E-state index is 13.2. The Hall–Kier alpha value is -2.13. The van der Waals surface area contributed by atoms with E-state index in [0.29, 0.717) is 5.92 Å². The fourth-order valence-electron chi connectivity index (χ4n) is 3.55. The number of rotatable bonds is 4. The van der Waals surface area contributed by atoms with Crippen LogP contribution in [-0.4, -0.2) is 35.1 Å². The van der Waals surface area contributed by atoms with Crippen LogP contribution in [0.25, 0.3) is 0 Å². The summed E-state index contributed by atoms with van der Waals surface area (Å²) in [5.74, 6) is 0.216. The molecule has 3 nitrogen and oxygen atoms in total. The molecule has 126 valence electrons. The molecule has 0 saturated carbocycles. The minimum atomic E-state index is -0.290. The minimum Gasteiger partial charge on any atom is -0.393 e. The van der Waals surface area contributed by atoms with Gasteiger partial charge in [-0.05, 0) is 36.8 Å². The van der Waals surface area contributed by atoms with E-state index in [2.05, 4.69) is 0 Å². The monoisotopic (exact) mass is 323 g/mol. The maximum absolute atomic E-state index is 13.2. The van der Waals surface area contributed by atoms with Crippen LogP contribution in [0.15, 0.2) is 60.7 Å². The van der Waals surface area contributed by atoms with Crippen LogP contribution in [0.4, 0.5) is 0 Å². The van der Waals surface area contributed by atoms with E-state index in [1.807, 2.05) is 72.5 Å². The summed E-state index contributed by atoms with van der Waals surface area (Å²) >= 11 is 0. The molecule has 2 aromatic rings. The quantitative estimate of drug-likeness (QED) is 0.936. The molecule has 0 spiro atoms. The zero-order valence-corrected chi connectivity index (χ0v) is 14.1. The predicted octanol–water partition coefficient (Wildman–Crippen LogP) is 3.44. The second-order valence-corrected chi connectivity index (χ2v) is 6.66. The number of amides is 1. The van der Waals surface area contributed by atoms with Gasteiger partial charge in [0.05, 0.1) is 12.0 Å². The molecule has 0 radical (unpaired) electrons. The van der Waals surface area contributed by atoms with Crippen molar-refractivity contribution < 1.29 is 9.90 Å². The van der Waals surface area contributed by atoms with Crippen molar-refractivity contribution in [3.05, 3.63) is 71.8 Å². The molecule has 3 rings (SSSR count). The molecule has 24 heavy (non-hydrogen) atoms. The number of hydrogen-bond donors (Lipinski definition) is 1. The number of nitrogens with zero attached hydrogens (tertiary/aromatic N) is 1. The summed E-state index contributed by atoms with van der Waals surface area (Å²) in [6, 6.07) is 20.0. The molecular formula is C21H25NO2. The number of likely N-dealkylation sites (tertiary alicyclic amines) is 1. The normalized spacial score (nSPS) is 17.0. The number of aliphatic hydroxyl groups is 1. The van der Waals surface area contributed by atoms with E-state index in [1.54, 1.807) is 0 Å². The molecular weight excluding hydrogens is 298 g/mol. The fourth-order valence-corrected chi connectivity index (χ4v) is 3.55. The number of benzene rings is 2. The summed E-state index contributed by atoms with van der Waals surface area (Å²) in [6.45, 7) is 3.30. The van der Waals surface area contributed by atoms with Crippen LogP contribution in [0, 0.1) is 5.92 Å². The molecule has 1 amide bonds. The van der Waals surface area contributed by atoms with Gasteiger partial charge >= 0.3 is 0 Å². The fraction of sp³-hybridized carbons (Fsp3) is 0.381. The number of carbonyl (C=O) groups is 1. The third-order valence-electron chi connectivity index (χ3n) is 5.05. The van der Waals surface area contributed by atoms with Crippen molar-refractivity contribution in [2.45, 2.75) is 31.8 Å². The van der Waals surface area contributed by atoms with Crippen molar-refractivity contribution in [3.63, 3.8) is 0 Å². The van der Waals surface area contributed by atoms with Crippen LogP contribution in [-0.2, 0) is 4.79 Å². The Morgan fingerprint density at radius 2 is 1.42 bits per heavy atom. The standard InChI is InChI=1S/C21H25NO2/c1-16(23)17-12-14-22(15-13-17)21(24)20(18-8-4-2-5-9-18)19-10-6-3-7-11-19/h2-11,16-17,20,23H,12-15H2,1H3. The second kappa shape index (κ2) is 7.63. The van der Waals surface area contributed by atoms with E-state index in [0.717, 1.165) is 37.1 Å². The molecule has 0 aliphatic carbocycles. The first-order valence-electron chi connectivity index (χ1n) is 8.73. The predicted molar refractivity (Wildman–Crippen MR) is 95.7 cm³/mol. The summed E-state index contributed by atoms with van der Waals surface area (Å²) in [6.07, 6.45) is 1.46. The van der Waals surface area contributed by atoms with Gasteiger partial charge in [-0.3, -0.25) is 4.79 Å². The summed E-state index contributed by atoms with van der Waals surface area (Å²) in [7, 11) is 0. The second-order valence-electron chi connectivity index (χ2n) is 6.66. The molecule has 1 heterocycles. The summed E-state index contributed by atoms with van der Waals surface area (Å²) in [5, 5.41) is 9.76. The van der Waals surface area contributed by atoms with Crippen molar-refractivity contribution in [1.82, 2.24) is 4.90 Å². The molecule has 3 heteroatoms. The lowest BCUT2D eigenvalue weighted by atomic mass is 9.87. The molecule has 2 aromatic carbocycles. The van der Waals surface area contributed by atoms with E-state index >= 15 is 0 Å². The van der Waals surface area contributed by atoms with E-state index in [1.165, 1.54) is 0 Å². The zero-order valence-electron chi connectivity index (χ0n) is 14.1. The lowest BCUT2D eigenvalue weighted by Crippen LogP contribution is -2.43. The van der Waals surface area contributed by atoms with Crippen molar-refractivity contribution in [2.75, 3.05) is 13.1 Å². The first-order valence-corrected chi connectivity index (χ1v) is 8.73. The Kier molecular flexibility index (Phi) is 5.31. The molecule has 0 bridgehead atoms. The third-order valence-corrected chi connectivity index (χ3v) is 5.05. The summed E-state index contributed by atoms with van der Waals surface area (Å²) < 4.78 is 0. The molecule has 1 unspecified atom stereocenters. The van der Waals surface area contributed by atoms with Gasteiger partial charge < -0.3 is 10.0 Å². The Morgan fingerprint density at radius 1 is 0.958 bits per heavy atom. The zero-order chi connectivity index (χ0) is 16.9. The summed E-state index contributed by atoms with van der Waals surface area (Å²) in [5.41, 5.74) is 2.07. The van der Waals surface area contributed by atoms with Crippen LogP contribution in [0.2, 0.25) is 0 Å². The van der Waals surface area contributed by atoms with Crippen LogP contribution in [0.3, 0.4) is 0 Å². The topological polar surface area (TPSA) is 40.5 Å². The van der Waals surface area contributed by atoms with E-state index < -0.39 is 0 Å². The van der Waals surface area contributed by atoms with Gasteiger partial charge in [-0.2, -0.15) is 0 Å². The molecule has 1 aliphatic rings. The van der Waals surface area contributed by atoms with Gasteiger partial charge in [-0.1, -0.05) is 60.7 Å². The average Bonchev–Trinajstić information content (AvgIpc) is 2.64. The highest BCUT2D eigenvalue weighted by Crippen LogP contribution is 2.29. The van der Waals surface area contributed by atoms with Crippen LogP contribution in [0.1, 0.15) is 36.8 Å². The number of aliphatic hydroxyl groups excluding tert-OH is 1. The number of carbonyl (C=O) groups excluding carboxylic acids is 1. The first kappa shape index (κ1) is 16.7. The van der Waals surface area contributed by atoms with Gasteiger partial charge in [0.15, 0.2) is 0 Å². The van der Waals surface area contributed by atoms with Gasteiger partial charge in [0.25, 0.3) is 0 Å². The molecule has 0 aromatic heterocycles.